The number of hydrogen-bond donors (Lipinski definition) is 1. The molecule has 0 unspecified atom stereocenters. The maximum atomic E-state index is 13.1. The van der Waals surface area contributed by atoms with Crippen LogP contribution in [0.4, 0.5) is 13.2 Å². The summed E-state index contributed by atoms with van der Waals surface area (Å²) in [5, 5.41) is 15.8. The zero-order chi connectivity index (χ0) is 15.6. The van der Waals surface area contributed by atoms with Crippen LogP contribution < -0.4 is 9.47 Å². The SMILES string of the molecule is COc1ccc(-n2nnc(CO)c2C(F)(F)F)c(OC)c1. The van der Waals surface area contributed by atoms with Gasteiger partial charge in [0.05, 0.1) is 20.8 Å². The van der Waals surface area contributed by atoms with E-state index in [1.807, 2.05) is 0 Å². The Hall–Kier alpha value is -2.29. The van der Waals surface area contributed by atoms with Crippen LogP contribution in [-0.2, 0) is 12.8 Å². The van der Waals surface area contributed by atoms with Crippen LogP contribution in [0, 0.1) is 0 Å². The maximum Gasteiger partial charge on any atom is 0.435 e. The van der Waals surface area contributed by atoms with Crippen LogP contribution in [0.1, 0.15) is 11.4 Å². The number of aromatic nitrogens is 3. The number of alkyl halides is 3. The Morgan fingerprint density at radius 3 is 2.48 bits per heavy atom. The minimum Gasteiger partial charge on any atom is -0.497 e. The Morgan fingerprint density at radius 2 is 1.95 bits per heavy atom. The predicted molar refractivity (Wildman–Crippen MR) is 65.4 cm³/mol. The van der Waals surface area contributed by atoms with Crippen molar-refractivity contribution in [1.82, 2.24) is 15.0 Å². The van der Waals surface area contributed by atoms with E-state index in [0.29, 0.717) is 10.4 Å². The van der Waals surface area contributed by atoms with Gasteiger partial charge in [0, 0.05) is 6.07 Å². The van der Waals surface area contributed by atoms with Gasteiger partial charge in [-0.1, -0.05) is 5.21 Å². The first kappa shape index (κ1) is 15.1. The fraction of sp³-hybridized carbons (Fsp3) is 0.333. The van der Waals surface area contributed by atoms with E-state index in [1.54, 1.807) is 0 Å². The number of rotatable bonds is 4. The van der Waals surface area contributed by atoms with Crippen molar-refractivity contribution in [3.63, 3.8) is 0 Å². The summed E-state index contributed by atoms with van der Waals surface area (Å²) in [6, 6.07) is 4.26. The van der Waals surface area contributed by atoms with E-state index in [9.17, 15) is 13.2 Å². The van der Waals surface area contributed by atoms with E-state index in [0.717, 1.165) is 0 Å². The maximum absolute atomic E-state index is 13.1. The summed E-state index contributed by atoms with van der Waals surface area (Å²) in [7, 11) is 2.74. The average molecular weight is 303 g/mol. The van der Waals surface area contributed by atoms with Crippen molar-refractivity contribution >= 4 is 0 Å². The zero-order valence-electron chi connectivity index (χ0n) is 11.2. The van der Waals surface area contributed by atoms with E-state index < -0.39 is 24.2 Å². The first-order chi connectivity index (χ1) is 9.92. The number of ether oxygens (including phenoxy) is 2. The molecule has 0 aliphatic heterocycles. The molecule has 114 valence electrons. The van der Waals surface area contributed by atoms with Crippen molar-refractivity contribution in [3.8, 4) is 17.2 Å². The standard InChI is InChI=1S/C12H12F3N3O3/c1-20-7-3-4-9(10(5-7)21-2)18-11(12(13,14)15)8(6-19)16-17-18/h3-5,19H,6H2,1-2H3. The van der Waals surface area contributed by atoms with Crippen LogP contribution in [0.2, 0.25) is 0 Å². The third-order valence-electron chi connectivity index (χ3n) is 2.77. The Morgan fingerprint density at radius 1 is 1.24 bits per heavy atom. The van der Waals surface area contributed by atoms with Crippen molar-refractivity contribution in [2.75, 3.05) is 14.2 Å². The van der Waals surface area contributed by atoms with Crippen LogP contribution in [0.3, 0.4) is 0 Å². The highest BCUT2D eigenvalue weighted by atomic mass is 19.4. The summed E-state index contributed by atoms with van der Waals surface area (Å²) in [6.45, 7) is -0.868. The number of methoxy groups -OCH3 is 2. The van der Waals surface area contributed by atoms with Crippen LogP contribution >= 0.6 is 0 Å². The lowest BCUT2D eigenvalue weighted by Gasteiger charge is -2.14. The second-order valence-electron chi connectivity index (χ2n) is 3.99. The number of aliphatic hydroxyl groups excluding tert-OH is 1. The largest absolute Gasteiger partial charge is 0.497 e. The highest BCUT2D eigenvalue weighted by molar-refractivity contribution is 5.51. The van der Waals surface area contributed by atoms with Gasteiger partial charge in [0.2, 0.25) is 0 Å². The number of halogens is 3. The van der Waals surface area contributed by atoms with Gasteiger partial charge in [-0.2, -0.15) is 13.2 Å². The van der Waals surface area contributed by atoms with Crippen molar-refractivity contribution < 1.29 is 27.8 Å². The van der Waals surface area contributed by atoms with Crippen LogP contribution in [0.5, 0.6) is 11.5 Å². The summed E-state index contributed by atoms with van der Waals surface area (Å²) in [6.07, 6.45) is -4.72. The summed E-state index contributed by atoms with van der Waals surface area (Å²) in [4.78, 5) is 0. The Balaban J connectivity index is 2.65. The molecule has 2 aromatic rings. The molecule has 2 rings (SSSR count). The van der Waals surface area contributed by atoms with Crippen molar-refractivity contribution in [2.45, 2.75) is 12.8 Å². The minimum atomic E-state index is -4.72. The zero-order valence-corrected chi connectivity index (χ0v) is 11.2. The second kappa shape index (κ2) is 5.60. The third-order valence-corrected chi connectivity index (χ3v) is 2.77. The van der Waals surface area contributed by atoms with Gasteiger partial charge in [0.15, 0.2) is 5.69 Å². The molecule has 1 N–H and O–H groups in total. The topological polar surface area (TPSA) is 69.4 Å². The number of hydrogen-bond acceptors (Lipinski definition) is 5. The molecule has 6 nitrogen and oxygen atoms in total. The fourth-order valence-electron chi connectivity index (χ4n) is 1.83. The molecule has 0 aliphatic rings. The van der Waals surface area contributed by atoms with Gasteiger partial charge >= 0.3 is 6.18 Å². The molecule has 0 saturated heterocycles. The molecule has 21 heavy (non-hydrogen) atoms. The molecule has 0 aliphatic carbocycles. The first-order valence-corrected chi connectivity index (χ1v) is 5.77. The summed E-state index contributed by atoms with van der Waals surface area (Å²) < 4.78 is 50.0. The summed E-state index contributed by atoms with van der Waals surface area (Å²) >= 11 is 0. The number of nitrogens with zero attached hydrogens (tertiary/aromatic N) is 3. The second-order valence-corrected chi connectivity index (χ2v) is 3.99. The highest BCUT2D eigenvalue weighted by Crippen LogP contribution is 2.35. The Bertz CT molecular complexity index is 640. The van der Waals surface area contributed by atoms with Gasteiger partial charge in [-0.25, -0.2) is 4.68 Å². The predicted octanol–water partition coefficient (Wildman–Crippen LogP) is 1.80. The van der Waals surface area contributed by atoms with E-state index in [2.05, 4.69) is 10.3 Å². The smallest absolute Gasteiger partial charge is 0.435 e. The highest BCUT2D eigenvalue weighted by Gasteiger charge is 2.40. The number of aliphatic hydroxyl groups is 1. The average Bonchev–Trinajstić information content (AvgIpc) is 2.90. The summed E-state index contributed by atoms with van der Waals surface area (Å²) in [5.74, 6) is 0.556. The molecule has 0 atom stereocenters. The molecule has 0 bridgehead atoms. The Kier molecular flexibility index (Phi) is 4.03. The van der Waals surface area contributed by atoms with E-state index >= 15 is 0 Å². The fourth-order valence-corrected chi connectivity index (χ4v) is 1.83. The van der Waals surface area contributed by atoms with Crippen LogP contribution in [-0.4, -0.2) is 34.3 Å². The third kappa shape index (κ3) is 2.77. The van der Waals surface area contributed by atoms with E-state index in [4.69, 9.17) is 14.6 Å². The molecule has 1 aromatic carbocycles. The molecular weight excluding hydrogens is 291 g/mol. The van der Waals surface area contributed by atoms with Gasteiger partial charge in [-0.15, -0.1) is 5.10 Å². The lowest BCUT2D eigenvalue weighted by atomic mass is 10.2. The van der Waals surface area contributed by atoms with Crippen molar-refractivity contribution in [2.24, 2.45) is 0 Å². The lowest BCUT2D eigenvalue weighted by molar-refractivity contribution is -0.144. The quantitative estimate of drug-likeness (QED) is 0.932. The van der Waals surface area contributed by atoms with Gasteiger partial charge in [-0.3, -0.25) is 0 Å². The molecule has 1 aromatic heterocycles. The molecule has 0 spiro atoms. The van der Waals surface area contributed by atoms with Crippen molar-refractivity contribution in [1.29, 1.82) is 0 Å². The molecule has 1 heterocycles. The number of benzene rings is 1. The van der Waals surface area contributed by atoms with Crippen molar-refractivity contribution in [3.05, 3.63) is 29.6 Å². The van der Waals surface area contributed by atoms with Gasteiger partial charge in [0.25, 0.3) is 0 Å². The molecule has 0 fully saturated rings. The normalized spacial score (nSPS) is 11.5. The Labute approximate surface area is 117 Å². The lowest BCUT2D eigenvalue weighted by Crippen LogP contribution is -2.16. The first-order valence-electron chi connectivity index (χ1n) is 5.77. The van der Waals surface area contributed by atoms with Gasteiger partial charge in [-0.05, 0) is 12.1 Å². The summed E-state index contributed by atoms with van der Waals surface area (Å²) in [5.41, 5.74) is -1.66. The molecular formula is C12H12F3N3O3. The van der Waals surface area contributed by atoms with Crippen LogP contribution in [0.15, 0.2) is 18.2 Å². The van der Waals surface area contributed by atoms with Crippen LogP contribution in [0.25, 0.3) is 5.69 Å². The van der Waals surface area contributed by atoms with E-state index in [-0.39, 0.29) is 11.4 Å². The molecule has 0 amide bonds. The minimum absolute atomic E-state index is 0.0397. The monoisotopic (exact) mass is 303 g/mol. The molecule has 0 saturated carbocycles. The molecule has 0 radical (unpaired) electrons. The van der Waals surface area contributed by atoms with Gasteiger partial charge < -0.3 is 14.6 Å². The van der Waals surface area contributed by atoms with E-state index in [1.165, 1.54) is 32.4 Å². The van der Waals surface area contributed by atoms with Gasteiger partial charge in [0.1, 0.15) is 22.9 Å². The molecule has 9 heteroatoms.